The molecule has 4 bridgehead atoms. The molecule has 2 aromatic carbocycles. The first-order valence-corrected chi connectivity index (χ1v) is 13.6. The predicted octanol–water partition coefficient (Wildman–Crippen LogP) is 5.21. The number of para-hydroxylation sites is 1. The van der Waals surface area contributed by atoms with E-state index in [0.717, 1.165) is 28.3 Å². The fraction of sp³-hybridized carbons (Fsp3) is 0.480. The number of hydrogen-bond donors (Lipinski definition) is 1. The van der Waals surface area contributed by atoms with Gasteiger partial charge in [-0.2, -0.15) is 0 Å². The largest absolute Gasteiger partial charge is 0.325 e. The van der Waals surface area contributed by atoms with Crippen molar-refractivity contribution in [3.05, 3.63) is 59.1 Å². The second-order valence-corrected chi connectivity index (χ2v) is 12.4. The molecule has 5 nitrogen and oxygen atoms in total. The summed E-state index contributed by atoms with van der Waals surface area (Å²) in [5.41, 5.74) is 2.68. The third kappa shape index (κ3) is 4.15. The topological polar surface area (TPSA) is 66.5 Å². The zero-order valence-corrected chi connectivity index (χ0v) is 19.8. The molecule has 0 saturated heterocycles. The maximum Gasteiger partial charge on any atom is 0.245 e. The minimum Gasteiger partial charge on any atom is -0.325 e. The van der Waals surface area contributed by atoms with E-state index in [0.29, 0.717) is 16.8 Å². The number of hydrogen-bond acceptors (Lipinski definition) is 3. The van der Waals surface area contributed by atoms with Gasteiger partial charge in [-0.3, -0.25) is 9.10 Å². The quantitative estimate of drug-likeness (QED) is 0.627. The average molecular weight is 473 g/mol. The Kier molecular flexibility index (Phi) is 5.49. The van der Waals surface area contributed by atoms with Crippen LogP contribution in [0.15, 0.2) is 48.5 Å². The maximum absolute atomic E-state index is 12.7. The zero-order valence-electron chi connectivity index (χ0n) is 18.3. The van der Waals surface area contributed by atoms with E-state index in [1.54, 1.807) is 24.3 Å². The van der Waals surface area contributed by atoms with E-state index in [-0.39, 0.29) is 11.6 Å². The van der Waals surface area contributed by atoms with Gasteiger partial charge in [0, 0.05) is 5.69 Å². The van der Waals surface area contributed by atoms with Crippen molar-refractivity contribution in [1.29, 1.82) is 0 Å². The van der Waals surface area contributed by atoms with Gasteiger partial charge in [0.2, 0.25) is 15.9 Å². The molecule has 2 aromatic rings. The van der Waals surface area contributed by atoms with Crippen molar-refractivity contribution in [2.75, 3.05) is 22.4 Å². The second kappa shape index (κ2) is 8.07. The summed E-state index contributed by atoms with van der Waals surface area (Å²) >= 11 is 6.18. The summed E-state index contributed by atoms with van der Waals surface area (Å²) in [5.74, 6) is 2.24. The Morgan fingerprint density at radius 1 is 1.00 bits per heavy atom. The number of benzene rings is 2. The minimum atomic E-state index is -3.67. The molecule has 0 unspecified atom stereocenters. The second-order valence-electron chi connectivity index (χ2n) is 10.0. The molecule has 170 valence electrons. The number of halogens is 1. The number of sulfonamides is 1. The van der Waals surface area contributed by atoms with E-state index >= 15 is 0 Å². The van der Waals surface area contributed by atoms with Crippen LogP contribution in [0.25, 0.3) is 0 Å². The van der Waals surface area contributed by atoms with E-state index < -0.39 is 15.9 Å². The SMILES string of the molecule is CS(=O)(=O)N(CC(=O)Nc1ccc(C23CC4CC(CC(C4)C2)C3)cc1)c1ccccc1Cl. The average Bonchev–Trinajstić information content (AvgIpc) is 2.71. The molecule has 0 atom stereocenters. The Morgan fingerprint density at radius 2 is 1.56 bits per heavy atom. The van der Waals surface area contributed by atoms with Crippen molar-refractivity contribution in [2.45, 2.75) is 43.9 Å². The van der Waals surface area contributed by atoms with E-state index in [2.05, 4.69) is 17.4 Å². The Balaban J connectivity index is 1.29. The zero-order chi connectivity index (χ0) is 22.5. The minimum absolute atomic E-state index is 0.283. The number of nitrogens with one attached hydrogen (secondary N) is 1. The van der Waals surface area contributed by atoms with Crippen LogP contribution in [0.3, 0.4) is 0 Å². The summed E-state index contributed by atoms with van der Waals surface area (Å²) in [7, 11) is -3.67. The van der Waals surface area contributed by atoms with Gasteiger partial charge in [0.15, 0.2) is 0 Å². The number of carbonyl (C=O) groups excluding carboxylic acids is 1. The van der Waals surface area contributed by atoms with Crippen LogP contribution in [-0.4, -0.2) is 27.1 Å². The standard InChI is InChI=1S/C25H29ClN2O3S/c1-32(30,31)28(23-5-3-2-4-22(23)26)16-24(29)27-21-8-6-20(7-9-21)25-13-17-10-18(14-25)12-19(11-17)15-25/h2-9,17-19H,10-16H2,1H3,(H,27,29). The molecule has 4 fully saturated rings. The van der Waals surface area contributed by atoms with Crippen LogP contribution in [-0.2, 0) is 20.2 Å². The smallest absolute Gasteiger partial charge is 0.245 e. The van der Waals surface area contributed by atoms with Crippen LogP contribution < -0.4 is 9.62 Å². The molecular formula is C25H29ClN2O3S. The molecule has 32 heavy (non-hydrogen) atoms. The number of nitrogens with zero attached hydrogens (tertiary/aromatic N) is 1. The first-order chi connectivity index (χ1) is 15.2. The summed E-state index contributed by atoms with van der Waals surface area (Å²) in [6.07, 6.45) is 9.20. The molecule has 4 aliphatic rings. The van der Waals surface area contributed by atoms with Crippen LogP contribution in [0, 0.1) is 17.8 Å². The highest BCUT2D eigenvalue weighted by atomic mass is 35.5. The number of rotatable bonds is 6. The highest BCUT2D eigenvalue weighted by Crippen LogP contribution is 2.60. The van der Waals surface area contributed by atoms with Crippen molar-refractivity contribution in [3.8, 4) is 0 Å². The molecular weight excluding hydrogens is 444 g/mol. The van der Waals surface area contributed by atoms with E-state index in [1.807, 2.05) is 12.1 Å². The lowest BCUT2D eigenvalue weighted by atomic mass is 9.48. The fourth-order valence-electron chi connectivity index (χ4n) is 6.74. The van der Waals surface area contributed by atoms with E-state index in [1.165, 1.54) is 44.1 Å². The monoisotopic (exact) mass is 472 g/mol. The molecule has 7 heteroatoms. The van der Waals surface area contributed by atoms with Crippen LogP contribution >= 0.6 is 11.6 Å². The van der Waals surface area contributed by atoms with Gasteiger partial charge in [0.25, 0.3) is 0 Å². The summed E-state index contributed by atoms with van der Waals surface area (Å²) in [4.78, 5) is 12.7. The summed E-state index contributed by atoms with van der Waals surface area (Å²) < 4.78 is 25.7. The Morgan fingerprint density at radius 3 is 2.09 bits per heavy atom. The van der Waals surface area contributed by atoms with Gasteiger partial charge < -0.3 is 5.32 Å². The van der Waals surface area contributed by atoms with Gasteiger partial charge in [0.1, 0.15) is 6.54 Å². The lowest BCUT2D eigenvalue weighted by Gasteiger charge is -2.57. The third-order valence-corrected chi connectivity index (χ3v) is 9.07. The van der Waals surface area contributed by atoms with Gasteiger partial charge in [-0.25, -0.2) is 8.42 Å². The van der Waals surface area contributed by atoms with Crippen molar-refractivity contribution in [2.24, 2.45) is 17.8 Å². The highest BCUT2D eigenvalue weighted by Gasteiger charge is 2.51. The van der Waals surface area contributed by atoms with Crippen LogP contribution in [0.5, 0.6) is 0 Å². The Hall–Kier alpha value is -2.05. The van der Waals surface area contributed by atoms with E-state index in [9.17, 15) is 13.2 Å². The third-order valence-electron chi connectivity index (χ3n) is 7.63. The highest BCUT2D eigenvalue weighted by molar-refractivity contribution is 7.92. The van der Waals surface area contributed by atoms with Crippen molar-refractivity contribution < 1.29 is 13.2 Å². The van der Waals surface area contributed by atoms with Gasteiger partial charge in [-0.1, -0.05) is 35.9 Å². The Labute approximate surface area is 195 Å². The molecule has 0 aromatic heterocycles. The molecule has 0 radical (unpaired) electrons. The molecule has 0 spiro atoms. The molecule has 1 amide bonds. The first-order valence-electron chi connectivity index (χ1n) is 11.3. The van der Waals surface area contributed by atoms with Crippen LogP contribution in [0.1, 0.15) is 44.1 Å². The van der Waals surface area contributed by atoms with Gasteiger partial charge in [0.05, 0.1) is 17.0 Å². The molecule has 4 aliphatic carbocycles. The first kappa shape index (κ1) is 21.8. The molecule has 1 N–H and O–H groups in total. The lowest BCUT2D eigenvalue weighted by Crippen LogP contribution is -2.48. The predicted molar refractivity (Wildman–Crippen MR) is 129 cm³/mol. The fourth-order valence-corrected chi connectivity index (χ4v) is 7.89. The van der Waals surface area contributed by atoms with Crippen molar-refractivity contribution in [3.63, 3.8) is 0 Å². The molecule has 6 rings (SSSR count). The number of amides is 1. The van der Waals surface area contributed by atoms with Gasteiger partial charge in [-0.15, -0.1) is 0 Å². The van der Waals surface area contributed by atoms with Gasteiger partial charge >= 0.3 is 0 Å². The van der Waals surface area contributed by atoms with Crippen LogP contribution in [0.2, 0.25) is 5.02 Å². The number of carbonyl (C=O) groups is 1. The van der Waals surface area contributed by atoms with Crippen LogP contribution in [0.4, 0.5) is 11.4 Å². The summed E-state index contributed by atoms with van der Waals surface area (Å²) in [6, 6.07) is 14.8. The summed E-state index contributed by atoms with van der Waals surface area (Å²) in [6.45, 7) is -0.334. The van der Waals surface area contributed by atoms with Crippen molar-refractivity contribution >= 4 is 38.9 Å². The number of anilines is 2. The molecule has 0 heterocycles. The van der Waals surface area contributed by atoms with E-state index in [4.69, 9.17) is 11.6 Å². The molecule has 4 saturated carbocycles. The lowest BCUT2D eigenvalue weighted by molar-refractivity contribution is -0.114. The summed E-state index contributed by atoms with van der Waals surface area (Å²) in [5, 5.41) is 3.13. The Bertz CT molecular complexity index is 1090. The molecule has 0 aliphatic heterocycles. The van der Waals surface area contributed by atoms with Crippen molar-refractivity contribution in [1.82, 2.24) is 0 Å². The maximum atomic E-state index is 12.7. The normalized spacial score (nSPS) is 28.5. The van der Waals surface area contributed by atoms with Gasteiger partial charge in [-0.05, 0) is 91.5 Å².